The first-order valence-corrected chi connectivity index (χ1v) is 9.40. The summed E-state index contributed by atoms with van der Waals surface area (Å²) in [5.74, 6) is 0.0402. The molecule has 0 radical (unpaired) electrons. The number of carbonyl (C=O) groups is 1. The average molecular weight is 407 g/mol. The van der Waals surface area contributed by atoms with Gasteiger partial charge in [0.15, 0.2) is 0 Å². The van der Waals surface area contributed by atoms with Crippen molar-refractivity contribution in [2.24, 2.45) is 0 Å². The Labute approximate surface area is 168 Å². The van der Waals surface area contributed by atoms with Gasteiger partial charge in [0.2, 0.25) is 6.29 Å². The number of rotatable bonds is 4. The molecule has 0 N–H and O–H groups in total. The van der Waals surface area contributed by atoms with Gasteiger partial charge < -0.3 is 14.2 Å². The van der Waals surface area contributed by atoms with Crippen LogP contribution in [0, 0.1) is 0 Å². The van der Waals surface area contributed by atoms with Gasteiger partial charge in [0.05, 0.1) is 18.3 Å². The molecule has 2 aromatic rings. The van der Waals surface area contributed by atoms with Crippen molar-refractivity contribution in [1.29, 1.82) is 0 Å². The third-order valence-corrected chi connectivity index (χ3v) is 4.38. The van der Waals surface area contributed by atoms with Crippen LogP contribution in [0.3, 0.4) is 0 Å². The lowest BCUT2D eigenvalue weighted by Gasteiger charge is -2.33. The van der Waals surface area contributed by atoms with Crippen LogP contribution in [0.1, 0.15) is 43.8 Å². The smallest absolute Gasteiger partial charge is 0.334 e. The van der Waals surface area contributed by atoms with Gasteiger partial charge >= 0.3 is 5.97 Å². The molecular formula is C21H20Cl2O4. The topological polar surface area (TPSA) is 44.8 Å². The Morgan fingerprint density at radius 3 is 2.37 bits per heavy atom. The number of carbonyl (C=O) groups excluding carboxylic acids is 1. The summed E-state index contributed by atoms with van der Waals surface area (Å²) in [5.41, 5.74) is 1.67. The zero-order valence-corrected chi connectivity index (χ0v) is 16.5. The number of hydrogen-bond donors (Lipinski definition) is 0. The maximum Gasteiger partial charge on any atom is 0.334 e. The normalized spacial score (nSPS) is 21.1. The van der Waals surface area contributed by atoms with Crippen LogP contribution in [0.4, 0.5) is 0 Å². The second-order valence-corrected chi connectivity index (χ2v) is 7.36. The van der Waals surface area contributed by atoms with Crippen LogP contribution in [0.15, 0.2) is 60.4 Å². The third kappa shape index (κ3) is 5.48. The summed E-state index contributed by atoms with van der Waals surface area (Å²) < 4.78 is 17.2. The summed E-state index contributed by atoms with van der Waals surface area (Å²) in [5, 5.41) is 1.20. The molecule has 0 amide bonds. The van der Waals surface area contributed by atoms with E-state index >= 15 is 0 Å². The van der Waals surface area contributed by atoms with Gasteiger partial charge in [-0.2, -0.15) is 0 Å². The highest BCUT2D eigenvalue weighted by Gasteiger charge is 2.30. The number of ether oxygens (including phenoxy) is 3. The predicted octanol–water partition coefficient (Wildman–Crippen LogP) is 6.01. The van der Waals surface area contributed by atoms with Crippen LogP contribution in [-0.2, 0) is 19.0 Å². The van der Waals surface area contributed by atoms with Crippen molar-refractivity contribution in [2.45, 2.75) is 38.8 Å². The van der Waals surface area contributed by atoms with Crippen LogP contribution in [0.2, 0.25) is 10.0 Å². The summed E-state index contributed by atoms with van der Waals surface area (Å²) in [6.45, 7) is 3.59. The standard InChI is InChI=1S/C21H20Cl2O4/c1-13(2)25-20(24)12-18-11-19(14-5-3-7-16(22)9-14)27-21(26-18)15-6-4-8-17(23)10-15/h3-10,12-13,19,21H,11H2,1-2H3/t19-,21-/m0/s1. The van der Waals surface area contributed by atoms with E-state index in [2.05, 4.69) is 0 Å². The second-order valence-electron chi connectivity index (χ2n) is 6.48. The van der Waals surface area contributed by atoms with E-state index in [0.717, 1.165) is 11.1 Å². The fraction of sp³-hybridized carbons (Fsp3) is 0.286. The molecule has 1 aliphatic rings. The maximum absolute atomic E-state index is 12.1. The zero-order chi connectivity index (χ0) is 19.4. The Morgan fingerprint density at radius 2 is 1.74 bits per heavy atom. The van der Waals surface area contributed by atoms with Gasteiger partial charge in [0.25, 0.3) is 0 Å². The van der Waals surface area contributed by atoms with Crippen molar-refractivity contribution in [3.8, 4) is 0 Å². The van der Waals surface area contributed by atoms with E-state index < -0.39 is 12.3 Å². The molecule has 0 bridgehead atoms. The average Bonchev–Trinajstić information content (AvgIpc) is 2.60. The van der Waals surface area contributed by atoms with Crippen LogP contribution in [-0.4, -0.2) is 12.1 Å². The molecule has 1 saturated heterocycles. The molecule has 3 rings (SSSR count). The summed E-state index contributed by atoms with van der Waals surface area (Å²) >= 11 is 12.2. The first-order chi connectivity index (χ1) is 12.9. The lowest BCUT2D eigenvalue weighted by atomic mass is 10.0. The van der Waals surface area contributed by atoms with E-state index in [9.17, 15) is 4.79 Å². The minimum atomic E-state index is -0.695. The molecule has 1 heterocycles. The largest absolute Gasteiger partial charge is 0.465 e. The van der Waals surface area contributed by atoms with Crippen LogP contribution < -0.4 is 0 Å². The highest BCUT2D eigenvalue weighted by atomic mass is 35.5. The van der Waals surface area contributed by atoms with Gasteiger partial charge in [-0.15, -0.1) is 0 Å². The Bertz CT molecular complexity index is 792. The molecule has 0 saturated carbocycles. The molecule has 0 spiro atoms. The van der Waals surface area contributed by atoms with Gasteiger partial charge in [-0.25, -0.2) is 4.79 Å². The van der Waals surface area contributed by atoms with Gasteiger partial charge in [-0.05, 0) is 43.7 Å². The van der Waals surface area contributed by atoms with E-state index in [0.29, 0.717) is 22.2 Å². The lowest BCUT2D eigenvalue weighted by Crippen LogP contribution is -2.21. The Hall–Kier alpha value is -2.01. The Balaban J connectivity index is 1.90. The second kappa shape index (κ2) is 8.79. The Kier molecular flexibility index (Phi) is 6.42. The molecule has 27 heavy (non-hydrogen) atoms. The van der Waals surface area contributed by atoms with Crippen molar-refractivity contribution >= 4 is 29.2 Å². The first kappa shape index (κ1) is 19.7. The fourth-order valence-electron chi connectivity index (χ4n) is 2.79. The molecule has 1 fully saturated rings. The third-order valence-electron chi connectivity index (χ3n) is 3.90. The first-order valence-electron chi connectivity index (χ1n) is 8.65. The molecule has 2 aromatic carbocycles. The molecule has 0 unspecified atom stereocenters. The number of esters is 1. The zero-order valence-electron chi connectivity index (χ0n) is 15.0. The minimum absolute atomic E-state index is 0.207. The summed E-state index contributed by atoms with van der Waals surface area (Å²) in [6.07, 6.45) is 0.545. The minimum Gasteiger partial charge on any atom is -0.465 e. The Morgan fingerprint density at radius 1 is 1.11 bits per heavy atom. The van der Waals surface area contributed by atoms with E-state index in [1.807, 2.05) is 30.3 Å². The fourth-order valence-corrected chi connectivity index (χ4v) is 3.18. The molecule has 142 valence electrons. The van der Waals surface area contributed by atoms with Crippen LogP contribution in [0.5, 0.6) is 0 Å². The summed E-state index contributed by atoms with van der Waals surface area (Å²) in [4.78, 5) is 12.1. The van der Waals surface area contributed by atoms with Crippen LogP contribution in [0.25, 0.3) is 0 Å². The van der Waals surface area contributed by atoms with Crippen molar-refractivity contribution < 1.29 is 19.0 Å². The number of hydrogen-bond acceptors (Lipinski definition) is 4. The SMILES string of the molecule is CC(C)OC(=O)C=C1C[C@@H](c2cccc(Cl)c2)O[C@@H](c2cccc(Cl)c2)O1. The van der Waals surface area contributed by atoms with E-state index in [-0.39, 0.29) is 12.2 Å². The van der Waals surface area contributed by atoms with Gasteiger partial charge in [0, 0.05) is 22.0 Å². The van der Waals surface area contributed by atoms with Crippen LogP contribution >= 0.6 is 23.2 Å². The molecule has 6 heteroatoms. The molecule has 4 nitrogen and oxygen atoms in total. The number of benzene rings is 2. The van der Waals surface area contributed by atoms with Crippen molar-refractivity contribution in [3.63, 3.8) is 0 Å². The summed E-state index contributed by atoms with van der Waals surface area (Å²) in [7, 11) is 0. The highest BCUT2D eigenvalue weighted by Crippen LogP contribution is 2.40. The van der Waals surface area contributed by atoms with Gasteiger partial charge in [-0.1, -0.05) is 47.5 Å². The lowest BCUT2D eigenvalue weighted by molar-refractivity contribution is -0.191. The van der Waals surface area contributed by atoms with E-state index in [1.54, 1.807) is 32.0 Å². The van der Waals surface area contributed by atoms with E-state index in [4.69, 9.17) is 37.4 Å². The van der Waals surface area contributed by atoms with Crippen molar-refractivity contribution in [1.82, 2.24) is 0 Å². The monoisotopic (exact) mass is 406 g/mol. The number of halogens is 2. The molecule has 2 atom stereocenters. The molecule has 0 aliphatic carbocycles. The maximum atomic E-state index is 12.1. The van der Waals surface area contributed by atoms with E-state index in [1.165, 1.54) is 6.08 Å². The van der Waals surface area contributed by atoms with Gasteiger partial charge in [-0.3, -0.25) is 0 Å². The quantitative estimate of drug-likeness (QED) is 0.460. The van der Waals surface area contributed by atoms with Crippen molar-refractivity contribution in [2.75, 3.05) is 0 Å². The predicted molar refractivity (Wildman–Crippen MR) is 104 cm³/mol. The highest BCUT2D eigenvalue weighted by molar-refractivity contribution is 6.30. The molecule has 1 aliphatic heterocycles. The van der Waals surface area contributed by atoms with Gasteiger partial charge in [0.1, 0.15) is 5.76 Å². The molecule has 0 aromatic heterocycles. The molecular weight excluding hydrogens is 387 g/mol. The summed E-state index contributed by atoms with van der Waals surface area (Å²) in [6, 6.07) is 14.7. The van der Waals surface area contributed by atoms with Crippen molar-refractivity contribution in [3.05, 3.63) is 81.5 Å².